The molecule has 0 radical (unpaired) electrons. The molecule has 0 spiro atoms. The van der Waals surface area contributed by atoms with Gasteiger partial charge in [-0.15, -0.1) is 0 Å². The number of benzene rings is 1. The van der Waals surface area contributed by atoms with Crippen molar-refractivity contribution >= 4 is 15.9 Å². The fraction of sp³-hybridized carbons (Fsp3) is 0.571. The van der Waals surface area contributed by atoms with Crippen molar-refractivity contribution < 1.29 is 0 Å². The molecule has 1 aliphatic carbocycles. The lowest BCUT2D eigenvalue weighted by atomic mass is 9.94. The number of alkyl halides is 1. The molecule has 0 aliphatic heterocycles. The van der Waals surface area contributed by atoms with Gasteiger partial charge >= 0.3 is 0 Å². The van der Waals surface area contributed by atoms with Gasteiger partial charge in [0, 0.05) is 17.4 Å². The van der Waals surface area contributed by atoms with Crippen molar-refractivity contribution in [3.05, 3.63) is 35.9 Å². The Morgan fingerprint density at radius 3 is 2.56 bits per heavy atom. The van der Waals surface area contributed by atoms with Gasteiger partial charge in [0.1, 0.15) is 0 Å². The van der Waals surface area contributed by atoms with E-state index in [9.17, 15) is 0 Å². The predicted octanol–water partition coefficient (Wildman–Crippen LogP) is 3.82. The molecule has 1 aromatic carbocycles. The van der Waals surface area contributed by atoms with Crippen molar-refractivity contribution in [3.63, 3.8) is 0 Å². The molecule has 0 bridgehead atoms. The van der Waals surface area contributed by atoms with Gasteiger partial charge in [0.05, 0.1) is 0 Å². The maximum atomic E-state index is 3.83. The van der Waals surface area contributed by atoms with Crippen LogP contribution in [0.25, 0.3) is 0 Å². The van der Waals surface area contributed by atoms with Crippen LogP contribution in [0, 0.1) is 0 Å². The number of hydrogen-bond acceptors (Lipinski definition) is 1. The Balaban J connectivity index is 1.94. The highest BCUT2D eigenvalue weighted by atomic mass is 79.9. The summed E-state index contributed by atoms with van der Waals surface area (Å²) >= 11 is 3.83. The van der Waals surface area contributed by atoms with Crippen molar-refractivity contribution in [2.75, 3.05) is 7.05 Å². The number of hydrogen-bond donors (Lipinski definition) is 0. The molecule has 0 saturated heterocycles. The highest BCUT2D eigenvalue weighted by Gasteiger charge is 2.25. The molecule has 2 unspecified atom stereocenters. The minimum atomic E-state index is 0.676. The molecular weight excluding hydrogens is 262 g/mol. The first-order chi connectivity index (χ1) is 7.77. The van der Waals surface area contributed by atoms with Crippen LogP contribution >= 0.6 is 15.9 Å². The zero-order valence-electron chi connectivity index (χ0n) is 9.90. The smallest absolute Gasteiger partial charge is 0.0301 e. The molecule has 2 atom stereocenters. The maximum Gasteiger partial charge on any atom is 0.0301 e. The van der Waals surface area contributed by atoms with Gasteiger partial charge in [0.25, 0.3) is 0 Å². The van der Waals surface area contributed by atoms with Crippen molar-refractivity contribution in [3.8, 4) is 0 Å². The van der Waals surface area contributed by atoms with Crippen LogP contribution in [0.4, 0.5) is 0 Å². The Hall–Kier alpha value is -0.340. The Morgan fingerprint density at radius 2 is 1.88 bits per heavy atom. The monoisotopic (exact) mass is 281 g/mol. The SMILES string of the molecule is CN(Cc1ccccc1)C1CCCCC1Br. The maximum absolute atomic E-state index is 3.83. The van der Waals surface area contributed by atoms with E-state index < -0.39 is 0 Å². The molecule has 1 fully saturated rings. The van der Waals surface area contributed by atoms with Crippen molar-refractivity contribution in [1.29, 1.82) is 0 Å². The Kier molecular flexibility index (Phi) is 4.42. The molecule has 0 aromatic heterocycles. The highest BCUT2D eigenvalue weighted by Crippen LogP contribution is 2.28. The van der Waals surface area contributed by atoms with Gasteiger partial charge in [0.2, 0.25) is 0 Å². The van der Waals surface area contributed by atoms with E-state index >= 15 is 0 Å². The third-order valence-corrected chi connectivity index (χ3v) is 4.56. The summed E-state index contributed by atoms with van der Waals surface area (Å²) in [5.74, 6) is 0. The van der Waals surface area contributed by atoms with E-state index in [0.29, 0.717) is 10.9 Å². The summed E-state index contributed by atoms with van der Waals surface area (Å²) in [7, 11) is 2.25. The van der Waals surface area contributed by atoms with Crippen LogP contribution in [0.1, 0.15) is 31.2 Å². The van der Waals surface area contributed by atoms with Crippen LogP contribution in [0.15, 0.2) is 30.3 Å². The zero-order valence-corrected chi connectivity index (χ0v) is 11.5. The molecule has 2 rings (SSSR count). The van der Waals surface area contributed by atoms with Crippen LogP contribution in [-0.2, 0) is 6.54 Å². The number of rotatable bonds is 3. The second-order valence-electron chi connectivity index (χ2n) is 4.77. The van der Waals surface area contributed by atoms with Gasteiger partial charge in [-0.05, 0) is 25.5 Å². The second kappa shape index (κ2) is 5.83. The minimum absolute atomic E-state index is 0.676. The summed E-state index contributed by atoms with van der Waals surface area (Å²) in [4.78, 5) is 3.17. The minimum Gasteiger partial charge on any atom is -0.298 e. The Bertz CT molecular complexity index is 312. The largest absolute Gasteiger partial charge is 0.298 e. The molecule has 0 amide bonds. The molecule has 1 nitrogen and oxygen atoms in total. The standard InChI is InChI=1S/C14H20BrN/c1-16(11-12-7-3-2-4-8-12)14-10-6-5-9-13(14)15/h2-4,7-8,13-14H,5-6,9-11H2,1H3. The lowest BCUT2D eigenvalue weighted by Crippen LogP contribution is -2.40. The van der Waals surface area contributed by atoms with E-state index in [1.807, 2.05) is 0 Å². The van der Waals surface area contributed by atoms with Crippen LogP contribution in [-0.4, -0.2) is 22.8 Å². The van der Waals surface area contributed by atoms with E-state index in [1.54, 1.807) is 0 Å². The summed E-state index contributed by atoms with van der Waals surface area (Å²) in [5, 5.41) is 0. The fourth-order valence-electron chi connectivity index (χ4n) is 2.55. The van der Waals surface area contributed by atoms with E-state index in [-0.39, 0.29) is 0 Å². The topological polar surface area (TPSA) is 3.24 Å². The van der Waals surface area contributed by atoms with Gasteiger partial charge in [-0.1, -0.05) is 59.1 Å². The van der Waals surface area contributed by atoms with Gasteiger partial charge in [-0.2, -0.15) is 0 Å². The molecular formula is C14H20BrN. The van der Waals surface area contributed by atoms with Gasteiger partial charge in [0.15, 0.2) is 0 Å². The first-order valence-corrected chi connectivity index (χ1v) is 7.07. The average molecular weight is 282 g/mol. The highest BCUT2D eigenvalue weighted by molar-refractivity contribution is 9.09. The third-order valence-electron chi connectivity index (χ3n) is 3.49. The van der Waals surface area contributed by atoms with Gasteiger partial charge in [-0.25, -0.2) is 0 Å². The van der Waals surface area contributed by atoms with E-state index in [4.69, 9.17) is 0 Å². The van der Waals surface area contributed by atoms with Crippen LogP contribution < -0.4 is 0 Å². The first kappa shape index (κ1) is 12.1. The molecule has 88 valence electrons. The molecule has 0 heterocycles. The van der Waals surface area contributed by atoms with Crippen LogP contribution in [0.5, 0.6) is 0 Å². The average Bonchev–Trinajstić information content (AvgIpc) is 2.31. The molecule has 0 N–H and O–H groups in total. The molecule has 1 aliphatic rings. The Morgan fingerprint density at radius 1 is 1.19 bits per heavy atom. The van der Waals surface area contributed by atoms with Crippen molar-refractivity contribution in [1.82, 2.24) is 4.90 Å². The number of nitrogens with zero attached hydrogens (tertiary/aromatic N) is 1. The van der Waals surface area contributed by atoms with E-state index in [1.165, 1.54) is 31.2 Å². The van der Waals surface area contributed by atoms with Gasteiger partial charge < -0.3 is 0 Å². The van der Waals surface area contributed by atoms with Crippen LogP contribution in [0.3, 0.4) is 0 Å². The quantitative estimate of drug-likeness (QED) is 0.762. The summed E-state index contributed by atoms with van der Waals surface area (Å²) in [6.07, 6.45) is 5.42. The molecule has 1 aromatic rings. The fourth-order valence-corrected chi connectivity index (χ4v) is 3.54. The lowest BCUT2D eigenvalue weighted by molar-refractivity contribution is 0.193. The normalized spacial score (nSPS) is 25.9. The lowest BCUT2D eigenvalue weighted by Gasteiger charge is -2.35. The van der Waals surface area contributed by atoms with Gasteiger partial charge in [-0.3, -0.25) is 4.90 Å². The van der Waals surface area contributed by atoms with E-state index in [2.05, 4.69) is 58.2 Å². The zero-order chi connectivity index (χ0) is 11.4. The van der Waals surface area contributed by atoms with Crippen molar-refractivity contribution in [2.45, 2.75) is 43.1 Å². The van der Waals surface area contributed by atoms with E-state index in [0.717, 1.165) is 6.54 Å². The summed E-state index contributed by atoms with van der Waals surface area (Å²) < 4.78 is 0. The molecule has 2 heteroatoms. The van der Waals surface area contributed by atoms with Crippen LogP contribution in [0.2, 0.25) is 0 Å². The summed E-state index contributed by atoms with van der Waals surface area (Å²) in [5.41, 5.74) is 1.41. The summed E-state index contributed by atoms with van der Waals surface area (Å²) in [6.45, 7) is 1.06. The second-order valence-corrected chi connectivity index (χ2v) is 5.94. The third kappa shape index (κ3) is 3.08. The molecule has 1 saturated carbocycles. The molecule has 16 heavy (non-hydrogen) atoms. The predicted molar refractivity (Wildman–Crippen MR) is 72.9 cm³/mol. The Labute approximate surface area is 107 Å². The van der Waals surface area contributed by atoms with Crippen molar-refractivity contribution in [2.24, 2.45) is 0 Å². The summed E-state index contributed by atoms with van der Waals surface area (Å²) in [6, 6.07) is 11.4. The first-order valence-electron chi connectivity index (χ1n) is 6.15. The number of halogens is 1.